The molecule has 3 nitrogen and oxygen atoms in total. The van der Waals surface area contributed by atoms with Crippen molar-refractivity contribution in [3.05, 3.63) is 52.9 Å². The van der Waals surface area contributed by atoms with E-state index in [1.54, 1.807) is 17.5 Å². The molecule has 0 aliphatic heterocycles. The largest absolute Gasteiger partial charge is 0.397 e. The Morgan fingerprint density at radius 2 is 2.00 bits per heavy atom. The lowest BCUT2D eigenvalue weighted by molar-refractivity contribution is 0.554. The summed E-state index contributed by atoms with van der Waals surface area (Å²) in [5.41, 5.74) is 8.68. The maximum absolute atomic E-state index is 6.02. The number of aromatic nitrogens is 1. The zero-order valence-electron chi connectivity index (χ0n) is 12.2. The number of nitrogens with one attached hydrogen (secondary N) is 1. The lowest BCUT2D eigenvalue weighted by Gasteiger charge is -2.23. The van der Waals surface area contributed by atoms with Crippen molar-refractivity contribution in [1.29, 1.82) is 0 Å². The van der Waals surface area contributed by atoms with Crippen LogP contribution in [0.25, 0.3) is 10.9 Å². The van der Waals surface area contributed by atoms with Gasteiger partial charge in [-0.3, -0.25) is 4.98 Å². The minimum absolute atomic E-state index is 0.289. The molecule has 0 amide bonds. The number of nitrogen functional groups attached to an aromatic ring is 1. The summed E-state index contributed by atoms with van der Waals surface area (Å²) < 4.78 is 0. The third kappa shape index (κ3) is 2.72. The molecule has 0 radical (unpaired) electrons. The number of nitrogens with two attached hydrogens (primary N) is 1. The molecule has 3 rings (SSSR count). The van der Waals surface area contributed by atoms with Gasteiger partial charge >= 0.3 is 0 Å². The maximum Gasteiger partial charge on any atom is 0.0951 e. The van der Waals surface area contributed by atoms with Crippen LogP contribution in [0.3, 0.4) is 0 Å². The number of fused-ring (bicyclic) bond motifs is 1. The van der Waals surface area contributed by atoms with Crippen LogP contribution >= 0.6 is 11.3 Å². The zero-order chi connectivity index (χ0) is 14.8. The topological polar surface area (TPSA) is 50.9 Å². The fourth-order valence-corrected chi connectivity index (χ4v) is 3.47. The summed E-state index contributed by atoms with van der Waals surface area (Å²) in [6, 6.07) is 12.5. The number of benzene rings is 1. The summed E-state index contributed by atoms with van der Waals surface area (Å²) in [4.78, 5) is 5.74. The molecule has 0 fully saturated rings. The Morgan fingerprint density at radius 1 is 1.14 bits per heavy atom. The highest BCUT2D eigenvalue weighted by molar-refractivity contribution is 7.10. The molecule has 1 unspecified atom stereocenters. The Labute approximate surface area is 128 Å². The Kier molecular flexibility index (Phi) is 3.80. The average molecular weight is 297 g/mol. The van der Waals surface area contributed by atoms with E-state index < -0.39 is 0 Å². The van der Waals surface area contributed by atoms with Crippen molar-refractivity contribution in [3.63, 3.8) is 0 Å². The standard InChI is InChI=1S/C17H19N3S/c1-11(2)16(15-6-4-10-21-15)20-14-8-7-13(18)17-12(14)5-3-9-19-17/h3-11,16,20H,18H2,1-2H3. The van der Waals surface area contributed by atoms with Gasteiger partial charge in [-0.25, -0.2) is 0 Å². The normalized spacial score (nSPS) is 12.7. The lowest BCUT2D eigenvalue weighted by atomic mass is 10.0. The number of anilines is 2. The molecule has 0 bridgehead atoms. The van der Waals surface area contributed by atoms with Crippen molar-refractivity contribution < 1.29 is 0 Å². The summed E-state index contributed by atoms with van der Waals surface area (Å²) in [5, 5.41) is 6.86. The van der Waals surface area contributed by atoms with Gasteiger partial charge in [0.2, 0.25) is 0 Å². The monoisotopic (exact) mass is 297 g/mol. The van der Waals surface area contributed by atoms with Crippen LogP contribution in [0.4, 0.5) is 11.4 Å². The molecule has 4 heteroatoms. The van der Waals surface area contributed by atoms with Crippen LogP contribution in [0.1, 0.15) is 24.8 Å². The second-order valence-electron chi connectivity index (χ2n) is 5.48. The van der Waals surface area contributed by atoms with Gasteiger partial charge in [0.15, 0.2) is 0 Å². The van der Waals surface area contributed by atoms with Crippen LogP contribution in [0.5, 0.6) is 0 Å². The van der Waals surface area contributed by atoms with Gasteiger partial charge < -0.3 is 11.1 Å². The van der Waals surface area contributed by atoms with Crippen molar-refractivity contribution in [2.75, 3.05) is 11.1 Å². The minimum atomic E-state index is 0.289. The number of nitrogens with zero attached hydrogens (tertiary/aromatic N) is 1. The average Bonchev–Trinajstić information content (AvgIpc) is 3.00. The number of hydrogen-bond donors (Lipinski definition) is 2. The highest BCUT2D eigenvalue weighted by atomic mass is 32.1. The maximum atomic E-state index is 6.02. The summed E-state index contributed by atoms with van der Waals surface area (Å²) in [6.07, 6.45) is 1.78. The minimum Gasteiger partial charge on any atom is -0.397 e. The molecule has 0 aliphatic carbocycles. The van der Waals surface area contributed by atoms with Crippen molar-refractivity contribution >= 4 is 33.6 Å². The van der Waals surface area contributed by atoms with E-state index in [2.05, 4.69) is 47.7 Å². The molecule has 108 valence electrons. The lowest BCUT2D eigenvalue weighted by Crippen LogP contribution is -2.16. The third-order valence-electron chi connectivity index (χ3n) is 3.63. The van der Waals surface area contributed by atoms with E-state index in [1.165, 1.54) is 4.88 Å². The first-order valence-corrected chi connectivity index (χ1v) is 7.98. The molecule has 2 aromatic heterocycles. The summed E-state index contributed by atoms with van der Waals surface area (Å²) >= 11 is 1.78. The van der Waals surface area contributed by atoms with Crippen LogP contribution in [-0.2, 0) is 0 Å². The second-order valence-corrected chi connectivity index (χ2v) is 6.46. The van der Waals surface area contributed by atoms with Gasteiger partial charge in [0.25, 0.3) is 0 Å². The molecule has 1 aromatic carbocycles. The van der Waals surface area contributed by atoms with E-state index >= 15 is 0 Å². The summed E-state index contributed by atoms with van der Waals surface area (Å²) in [7, 11) is 0. The Morgan fingerprint density at radius 3 is 2.71 bits per heavy atom. The number of thiophene rings is 1. The van der Waals surface area contributed by atoms with E-state index in [1.807, 2.05) is 18.2 Å². The van der Waals surface area contributed by atoms with Crippen molar-refractivity contribution in [2.45, 2.75) is 19.9 Å². The molecule has 21 heavy (non-hydrogen) atoms. The Bertz CT molecular complexity index is 735. The predicted molar refractivity (Wildman–Crippen MR) is 91.7 cm³/mol. The molecule has 1 atom stereocenters. The van der Waals surface area contributed by atoms with Crippen LogP contribution in [0.2, 0.25) is 0 Å². The summed E-state index contributed by atoms with van der Waals surface area (Å²) in [5.74, 6) is 0.493. The summed E-state index contributed by atoms with van der Waals surface area (Å²) in [6.45, 7) is 4.46. The van der Waals surface area contributed by atoms with Crippen LogP contribution in [0, 0.1) is 5.92 Å². The highest BCUT2D eigenvalue weighted by Crippen LogP contribution is 2.33. The van der Waals surface area contributed by atoms with Crippen molar-refractivity contribution in [2.24, 2.45) is 5.92 Å². The van der Waals surface area contributed by atoms with Gasteiger partial charge in [-0.05, 0) is 41.6 Å². The quantitative estimate of drug-likeness (QED) is 0.687. The number of hydrogen-bond acceptors (Lipinski definition) is 4. The molecular weight excluding hydrogens is 278 g/mol. The molecule has 0 aliphatic rings. The predicted octanol–water partition coefficient (Wildman–Crippen LogP) is 4.69. The molecular formula is C17H19N3S. The first-order valence-electron chi connectivity index (χ1n) is 7.10. The smallest absolute Gasteiger partial charge is 0.0951 e. The number of rotatable bonds is 4. The highest BCUT2D eigenvalue weighted by Gasteiger charge is 2.18. The molecule has 2 heterocycles. The van der Waals surface area contributed by atoms with E-state index in [0.29, 0.717) is 11.6 Å². The fraction of sp³-hybridized carbons (Fsp3) is 0.235. The van der Waals surface area contributed by atoms with Crippen LogP contribution in [0.15, 0.2) is 48.0 Å². The Hall–Kier alpha value is -2.07. The van der Waals surface area contributed by atoms with Gasteiger partial charge in [0.1, 0.15) is 0 Å². The SMILES string of the molecule is CC(C)C(Nc1ccc(N)c2ncccc12)c1cccs1. The fourth-order valence-electron chi connectivity index (χ4n) is 2.52. The molecule has 0 saturated heterocycles. The van der Waals surface area contributed by atoms with Gasteiger partial charge in [-0.2, -0.15) is 0 Å². The Balaban J connectivity index is 2.03. The van der Waals surface area contributed by atoms with Crippen molar-refractivity contribution in [1.82, 2.24) is 4.98 Å². The van der Waals surface area contributed by atoms with Gasteiger partial charge in [-0.1, -0.05) is 19.9 Å². The van der Waals surface area contributed by atoms with Crippen LogP contribution < -0.4 is 11.1 Å². The van der Waals surface area contributed by atoms with E-state index in [-0.39, 0.29) is 6.04 Å². The first-order chi connectivity index (χ1) is 10.2. The van der Waals surface area contributed by atoms with Gasteiger partial charge in [0, 0.05) is 22.1 Å². The molecule has 3 N–H and O–H groups in total. The van der Waals surface area contributed by atoms with Gasteiger partial charge in [-0.15, -0.1) is 11.3 Å². The molecule has 0 spiro atoms. The van der Waals surface area contributed by atoms with E-state index in [0.717, 1.165) is 16.6 Å². The van der Waals surface area contributed by atoms with E-state index in [4.69, 9.17) is 5.73 Å². The van der Waals surface area contributed by atoms with E-state index in [9.17, 15) is 0 Å². The zero-order valence-corrected chi connectivity index (χ0v) is 13.0. The van der Waals surface area contributed by atoms with Gasteiger partial charge in [0.05, 0.1) is 17.2 Å². The first kappa shape index (κ1) is 13.9. The van der Waals surface area contributed by atoms with Crippen molar-refractivity contribution in [3.8, 4) is 0 Å². The third-order valence-corrected chi connectivity index (χ3v) is 4.58. The number of pyridine rings is 1. The molecule has 0 saturated carbocycles. The second kappa shape index (κ2) is 5.74. The molecule has 3 aromatic rings. The van der Waals surface area contributed by atoms with Crippen LogP contribution in [-0.4, -0.2) is 4.98 Å².